The van der Waals surface area contributed by atoms with Crippen LogP contribution in [-0.2, 0) is 24.0 Å². The predicted molar refractivity (Wildman–Crippen MR) is 138 cm³/mol. The van der Waals surface area contributed by atoms with Crippen LogP contribution in [0.15, 0.2) is 61.1 Å². The summed E-state index contributed by atoms with van der Waals surface area (Å²) in [5.41, 5.74) is 3.58. The van der Waals surface area contributed by atoms with E-state index in [1.54, 1.807) is 6.20 Å². The second-order valence-corrected chi connectivity index (χ2v) is 11.3. The summed E-state index contributed by atoms with van der Waals surface area (Å²) < 4.78 is 0. The van der Waals surface area contributed by atoms with Gasteiger partial charge < -0.3 is 15.1 Å². The van der Waals surface area contributed by atoms with Gasteiger partial charge >= 0.3 is 0 Å². The van der Waals surface area contributed by atoms with Crippen molar-refractivity contribution in [2.75, 3.05) is 20.1 Å². The molecule has 1 aromatic carbocycles. The highest BCUT2D eigenvalue weighted by atomic mass is 16.3. The number of fused-ring (bicyclic) bond motifs is 1. The normalized spacial score (nSPS) is 23.1. The molecule has 35 heavy (non-hydrogen) atoms. The molecule has 1 aliphatic heterocycles. The molecule has 3 heterocycles. The number of nitrogens with zero attached hydrogens (tertiary/aromatic N) is 3. The molecule has 0 amide bonds. The zero-order valence-corrected chi connectivity index (χ0v) is 21.3. The third-order valence-corrected chi connectivity index (χ3v) is 8.29. The van der Waals surface area contributed by atoms with Gasteiger partial charge in [0.2, 0.25) is 0 Å². The number of benzene rings is 1. The van der Waals surface area contributed by atoms with Crippen molar-refractivity contribution >= 4 is 0 Å². The summed E-state index contributed by atoms with van der Waals surface area (Å²) >= 11 is 0. The van der Waals surface area contributed by atoms with Crippen molar-refractivity contribution in [2.24, 2.45) is 5.41 Å². The van der Waals surface area contributed by atoms with Gasteiger partial charge in [-0.05, 0) is 73.0 Å². The molecule has 1 aliphatic carbocycles. The van der Waals surface area contributed by atoms with Crippen molar-refractivity contribution in [1.29, 1.82) is 0 Å². The summed E-state index contributed by atoms with van der Waals surface area (Å²) in [5, 5.41) is 23.8. The summed E-state index contributed by atoms with van der Waals surface area (Å²) in [4.78, 5) is 11.3. The number of rotatable bonds is 7. The molecule has 5 heteroatoms. The fourth-order valence-corrected chi connectivity index (χ4v) is 6.28. The second kappa shape index (κ2) is 8.81. The Bertz CT molecular complexity index is 1200. The molecule has 1 fully saturated rings. The largest absolute Gasteiger partial charge is 0.384 e. The lowest BCUT2D eigenvalue weighted by Gasteiger charge is -2.56. The van der Waals surface area contributed by atoms with Crippen LogP contribution in [-0.4, -0.2) is 45.2 Å². The molecule has 5 rings (SSSR count). The van der Waals surface area contributed by atoms with Crippen LogP contribution in [0.2, 0.25) is 0 Å². The third kappa shape index (κ3) is 4.10. The SMILES string of the molecule is CC(C)c1ccc([C@](O)(c2cncc(CCC3(O)CCc4cccnc43)c2)C2(C)CN(C)C2)cc1. The fourth-order valence-electron chi connectivity index (χ4n) is 6.28. The molecule has 2 atom stereocenters. The maximum atomic E-state index is 12.4. The van der Waals surface area contributed by atoms with Gasteiger partial charge in [0.25, 0.3) is 0 Å². The molecule has 0 saturated carbocycles. The van der Waals surface area contributed by atoms with Crippen LogP contribution >= 0.6 is 0 Å². The number of aliphatic hydroxyl groups is 2. The van der Waals surface area contributed by atoms with Crippen LogP contribution in [0.4, 0.5) is 0 Å². The standard InChI is InChI=1S/C30H37N3O2/c1-21(2)23-7-9-25(10-8-23)30(35,28(3)19-33(4)20-28)26-16-22(17-31-18-26)11-13-29(34)14-12-24-6-5-15-32-27(24)29/h5-10,15-18,21,34-35H,11-14,19-20H2,1-4H3/t29?,30-/m0/s1. The average molecular weight is 472 g/mol. The lowest BCUT2D eigenvalue weighted by Crippen LogP contribution is -2.63. The van der Waals surface area contributed by atoms with E-state index in [-0.39, 0.29) is 5.41 Å². The van der Waals surface area contributed by atoms with E-state index in [2.05, 4.69) is 79.1 Å². The molecule has 184 valence electrons. The highest BCUT2D eigenvalue weighted by Crippen LogP contribution is 2.50. The van der Waals surface area contributed by atoms with Crippen molar-refractivity contribution in [3.8, 4) is 0 Å². The first kappa shape index (κ1) is 24.1. The van der Waals surface area contributed by atoms with E-state index in [9.17, 15) is 10.2 Å². The summed E-state index contributed by atoms with van der Waals surface area (Å²) in [5.74, 6) is 0.438. The third-order valence-electron chi connectivity index (χ3n) is 8.29. The molecule has 0 bridgehead atoms. The average Bonchev–Trinajstić information content (AvgIpc) is 3.18. The van der Waals surface area contributed by atoms with E-state index in [1.165, 1.54) is 5.56 Å². The van der Waals surface area contributed by atoms with Gasteiger partial charge in [0.1, 0.15) is 11.2 Å². The molecule has 5 nitrogen and oxygen atoms in total. The van der Waals surface area contributed by atoms with E-state index in [1.807, 2.05) is 18.5 Å². The van der Waals surface area contributed by atoms with E-state index in [0.717, 1.165) is 47.5 Å². The van der Waals surface area contributed by atoms with Crippen LogP contribution in [0.3, 0.4) is 0 Å². The minimum absolute atomic E-state index is 0.325. The lowest BCUT2D eigenvalue weighted by atomic mass is 9.62. The monoisotopic (exact) mass is 471 g/mol. The number of hydrogen-bond acceptors (Lipinski definition) is 5. The Morgan fingerprint density at radius 2 is 1.83 bits per heavy atom. The van der Waals surface area contributed by atoms with Gasteiger partial charge in [-0.3, -0.25) is 9.97 Å². The Morgan fingerprint density at radius 3 is 2.51 bits per heavy atom. The first-order valence-corrected chi connectivity index (χ1v) is 12.8. The summed E-state index contributed by atoms with van der Waals surface area (Å²) in [6, 6.07) is 14.5. The Hall–Kier alpha value is -2.60. The first-order chi connectivity index (χ1) is 16.6. The maximum Gasteiger partial charge on any atom is 0.124 e. The molecule has 2 aromatic heterocycles. The number of hydrogen-bond donors (Lipinski definition) is 2. The van der Waals surface area contributed by atoms with Gasteiger partial charge in [-0.25, -0.2) is 0 Å². The van der Waals surface area contributed by atoms with Crippen LogP contribution < -0.4 is 0 Å². The minimum Gasteiger partial charge on any atom is -0.384 e. The van der Waals surface area contributed by atoms with Crippen LogP contribution in [0.5, 0.6) is 0 Å². The molecule has 1 unspecified atom stereocenters. The van der Waals surface area contributed by atoms with Crippen molar-refractivity contribution in [3.05, 3.63) is 94.6 Å². The Labute approximate surface area is 208 Å². The lowest BCUT2D eigenvalue weighted by molar-refractivity contribution is -0.127. The highest BCUT2D eigenvalue weighted by molar-refractivity contribution is 5.42. The quantitative estimate of drug-likeness (QED) is 0.529. The van der Waals surface area contributed by atoms with E-state index in [0.29, 0.717) is 25.2 Å². The Balaban J connectivity index is 1.46. The second-order valence-electron chi connectivity index (χ2n) is 11.3. The summed E-state index contributed by atoms with van der Waals surface area (Å²) in [7, 11) is 2.09. The fraction of sp³-hybridized carbons (Fsp3) is 0.467. The molecule has 2 aliphatic rings. The zero-order chi connectivity index (χ0) is 24.8. The van der Waals surface area contributed by atoms with Crippen LogP contribution in [0, 0.1) is 5.41 Å². The molecule has 1 saturated heterocycles. The van der Waals surface area contributed by atoms with Gasteiger partial charge in [-0.1, -0.05) is 51.1 Å². The van der Waals surface area contributed by atoms with Gasteiger partial charge in [0.05, 0.1) is 5.69 Å². The van der Waals surface area contributed by atoms with Crippen molar-refractivity contribution in [2.45, 2.75) is 63.6 Å². The predicted octanol–water partition coefficient (Wildman–Crippen LogP) is 4.55. The van der Waals surface area contributed by atoms with Crippen molar-refractivity contribution in [3.63, 3.8) is 0 Å². The van der Waals surface area contributed by atoms with Gasteiger partial charge in [0, 0.05) is 42.7 Å². The molecule has 0 spiro atoms. The minimum atomic E-state index is -1.16. The van der Waals surface area contributed by atoms with Crippen LogP contribution in [0.25, 0.3) is 0 Å². The molecule has 3 aromatic rings. The summed E-state index contributed by atoms with van der Waals surface area (Å²) in [6.07, 6.45) is 8.25. The highest BCUT2D eigenvalue weighted by Gasteiger charge is 2.55. The number of aryl methyl sites for hydroxylation is 2. The smallest absolute Gasteiger partial charge is 0.124 e. The van der Waals surface area contributed by atoms with E-state index in [4.69, 9.17) is 0 Å². The van der Waals surface area contributed by atoms with Gasteiger partial charge in [-0.2, -0.15) is 0 Å². The maximum absolute atomic E-state index is 12.4. The summed E-state index contributed by atoms with van der Waals surface area (Å²) in [6.45, 7) is 8.15. The van der Waals surface area contributed by atoms with Crippen LogP contribution in [0.1, 0.15) is 73.0 Å². The van der Waals surface area contributed by atoms with Gasteiger partial charge in [0.15, 0.2) is 0 Å². The van der Waals surface area contributed by atoms with Crippen molar-refractivity contribution in [1.82, 2.24) is 14.9 Å². The molecule has 2 N–H and O–H groups in total. The topological polar surface area (TPSA) is 69.5 Å². The zero-order valence-electron chi connectivity index (χ0n) is 21.3. The molecule has 0 radical (unpaired) electrons. The number of likely N-dealkylation sites (tertiary alicyclic amines) is 1. The molecular formula is C30H37N3O2. The number of pyridine rings is 2. The van der Waals surface area contributed by atoms with E-state index >= 15 is 0 Å². The molecular weight excluding hydrogens is 434 g/mol. The van der Waals surface area contributed by atoms with E-state index < -0.39 is 11.2 Å². The Morgan fingerprint density at radius 1 is 1.09 bits per heavy atom. The number of aromatic nitrogens is 2. The van der Waals surface area contributed by atoms with Gasteiger partial charge in [-0.15, -0.1) is 0 Å². The van der Waals surface area contributed by atoms with Crippen molar-refractivity contribution < 1.29 is 10.2 Å². The first-order valence-electron chi connectivity index (χ1n) is 12.8. The Kier molecular flexibility index (Phi) is 6.07.